The van der Waals surface area contributed by atoms with Crippen molar-refractivity contribution in [3.63, 3.8) is 0 Å². The second-order valence-corrected chi connectivity index (χ2v) is 5.77. The Morgan fingerprint density at radius 2 is 2.31 bits per heavy atom. The van der Waals surface area contributed by atoms with Gasteiger partial charge in [-0.05, 0) is 18.6 Å². The van der Waals surface area contributed by atoms with Gasteiger partial charge in [0.15, 0.2) is 0 Å². The molecule has 0 spiro atoms. The normalized spacial score (nSPS) is 11.7. The molecule has 16 heavy (non-hydrogen) atoms. The highest BCUT2D eigenvalue weighted by Crippen LogP contribution is 2.25. The van der Waals surface area contributed by atoms with Crippen LogP contribution >= 0.6 is 11.8 Å². The van der Waals surface area contributed by atoms with Gasteiger partial charge in [0.1, 0.15) is 0 Å². The number of thioether (sulfide) groups is 1. The van der Waals surface area contributed by atoms with Gasteiger partial charge in [0.2, 0.25) is 0 Å². The van der Waals surface area contributed by atoms with Crippen molar-refractivity contribution in [3.8, 4) is 0 Å². The summed E-state index contributed by atoms with van der Waals surface area (Å²) in [7, 11) is 1.92. The van der Waals surface area contributed by atoms with Crippen LogP contribution in [0.5, 0.6) is 0 Å². The first-order valence-electron chi connectivity index (χ1n) is 5.38. The highest BCUT2D eigenvalue weighted by molar-refractivity contribution is 7.99. The van der Waals surface area contributed by atoms with Crippen molar-refractivity contribution in [1.29, 1.82) is 5.41 Å². The molecule has 1 rings (SSSR count). The number of nitrogens with zero attached hydrogens (tertiary/aromatic N) is 2. The van der Waals surface area contributed by atoms with Crippen LogP contribution in [-0.4, -0.2) is 21.4 Å². The molecule has 0 amide bonds. The molecule has 0 aromatic carbocycles. The lowest BCUT2D eigenvalue weighted by Gasteiger charge is -2.22. The molecule has 0 bridgehead atoms. The largest absolute Gasteiger partial charge is 0.387 e. The lowest BCUT2D eigenvalue weighted by atomic mass is 9.87. The smallest absolute Gasteiger partial charge is 0.0963 e. The number of nitrogens with two attached hydrogens (primary N) is 1. The van der Waals surface area contributed by atoms with Crippen molar-refractivity contribution < 1.29 is 0 Å². The van der Waals surface area contributed by atoms with E-state index in [-0.39, 0.29) is 11.3 Å². The summed E-state index contributed by atoms with van der Waals surface area (Å²) in [6.07, 6.45) is 5.91. The number of aromatic nitrogens is 2. The SMILES string of the molecule is Cn1cc(SCCCC(C)(C)C(=N)N)cn1. The van der Waals surface area contributed by atoms with Gasteiger partial charge in [-0.25, -0.2) is 0 Å². The summed E-state index contributed by atoms with van der Waals surface area (Å²) in [6.45, 7) is 4.04. The molecule has 5 heteroatoms. The third-order valence-electron chi connectivity index (χ3n) is 2.63. The summed E-state index contributed by atoms with van der Waals surface area (Å²) >= 11 is 1.80. The topological polar surface area (TPSA) is 67.7 Å². The van der Waals surface area contributed by atoms with Gasteiger partial charge < -0.3 is 5.73 Å². The Morgan fingerprint density at radius 3 is 2.81 bits per heavy atom. The minimum atomic E-state index is -0.171. The molecule has 0 saturated heterocycles. The minimum absolute atomic E-state index is 0.171. The Bertz CT molecular complexity index is 357. The first kappa shape index (κ1) is 13.1. The van der Waals surface area contributed by atoms with Crippen LogP contribution in [0.2, 0.25) is 0 Å². The Morgan fingerprint density at radius 1 is 1.62 bits per heavy atom. The van der Waals surface area contributed by atoms with Gasteiger partial charge in [-0.2, -0.15) is 5.10 Å². The summed E-state index contributed by atoms with van der Waals surface area (Å²) in [5.74, 6) is 1.32. The van der Waals surface area contributed by atoms with Gasteiger partial charge in [-0.3, -0.25) is 10.1 Å². The van der Waals surface area contributed by atoms with E-state index < -0.39 is 0 Å². The van der Waals surface area contributed by atoms with Crippen molar-refractivity contribution in [1.82, 2.24) is 9.78 Å². The maximum absolute atomic E-state index is 7.46. The second-order valence-electron chi connectivity index (χ2n) is 4.60. The van der Waals surface area contributed by atoms with E-state index >= 15 is 0 Å². The molecule has 0 aliphatic carbocycles. The molecule has 1 aromatic rings. The molecule has 0 fully saturated rings. The van der Waals surface area contributed by atoms with Gasteiger partial charge in [0.05, 0.1) is 12.0 Å². The summed E-state index contributed by atoms with van der Waals surface area (Å²) in [6, 6.07) is 0. The van der Waals surface area contributed by atoms with E-state index in [9.17, 15) is 0 Å². The van der Waals surface area contributed by atoms with Crippen molar-refractivity contribution in [2.45, 2.75) is 31.6 Å². The molecule has 3 N–H and O–H groups in total. The van der Waals surface area contributed by atoms with E-state index in [4.69, 9.17) is 11.1 Å². The summed E-state index contributed by atoms with van der Waals surface area (Å²) in [4.78, 5) is 1.20. The van der Waals surface area contributed by atoms with E-state index in [1.807, 2.05) is 38.0 Å². The average molecular weight is 240 g/mol. The minimum Gasteiger partial charge on any atom is -0.387 e. The molecule has 0 unspecified atom stereocenters. The average Bonchev–Trinajstić information content (AvgIpc) is 2.59. The Kier molecular flexibility index (Phi) is 4.41. The van der Waals surface area contributed by atoms with Crippen LogP contribution in [0.3, 0.4) is 0 Å². The van der Waals surface area contributed by atoms with Crippen LogP contribution in [0.1, 0.15) is 26.7 Å². The summed E-state index contributed by atoms with van der Waals surface area (Å²) < 4.78 is 1.81. The van der Waals surface area contributed by atoms with E-state index in [0.29, 0.717) is 0 Å². The zero-order valence-electron chi connectivity index (χ0n) is 10.2. The predicted octanol–water partition coefficient (Wildman–Crippen LogP) is 2.25. The summed E-state index contributed by atoms with van der Waals surface area (Å²) in [5, 5.41) is 11.6. The first-order chi connectivity index (χ1) is 7.42. The quantitative estimate of drug-likeness (QED) is 0.347. The number of amidine groups is 1. The van der Waals surface area contributed by atoms with E-state index in [0.717, 1.165) is 18.6 Å². The first-order valence-corrected chi connectivity index (χ1v) is 6.36. The Labute approximate surface area is 101 Å². The van der Waals surface area contributed by atoms with Crippen LogP contribution in [0, 0.1) is 10.8 Å². The maximum Gasteiger partial charge on any atom is 0.0963 e. The molecule has 0 saturated carbocycles. The van der Waals surface area contributed by atoms with Crippen LogP contribution in [-0.2, 0) is 7.05 Å². The monoisotopic (exact) mass is 240 g/mol. The molecule has 0 aliphatic heterocycles. The van der Waals surface area contributed by atoms with Crippen molar-refractivity contribution in [2.75, 3.05) is 5.75 Å². The lowest BCUT2D eigenvalue weighted by molar-refractivity contribution is 0.464. The second kappa shape index (κ2) is 5.39. The van der Waals surface area contributed by atoms with E-state index in [1.54, 1.807) is 11.8 Å². The molecule has 0 atom stereocenters. The third kappa shape index (κ3) is 3.89. The van der Waals surface area contributed by atoms with Gasteiger partial charge in [0.25, 0.3) is 0 Å². The fourth-order valence-corrected chi connectivity index (χ4v) is 2.19. The van der Waals surface area contributed by atoms with E-state index in [2.05, 4.69) is 5.10 Å². The standard InChI is InChI=1S/C11H20N4S/c1-11(2,10(12)13)5-4-6-16-9-7-14-15(3)8-9/h7-8H,4-6H2,1-3H3,(H3,12,13). The highest BCUT2D eigenvalue weighted by Gasteiger charge is 2.20. The van der Waals surface area contributed by atoms with Gasteiger partial charge >= 0.3 is 0 Å². The number of aryl methyl sites for hydroxylation is 1. The van der Waals surface area contributed by atoms with Gasteiger partial charge in [-0.1, -0.05) is 13.8 Å². The predicted molar refractivity (Wildman–Crippen MR) is 68.9 cm³/mol. The molecular weight excluding hydrogens is 220 g/mol. The Hall–Kier alpha value is -0.970. The highest BCUT2D eigenvalue weighted by atomic mass is 32.2. The fraction of sp³-hybridized carbons (Fsp3) is 0.636. The molecule has 0 radical (unpaired) electrons. The van der Waals surface area contributed by atoms with Crippen LogP contribution < -0.4 is 5.73 Å². The number of rotatable bonds is 6. The lowest BCUT2D eigenvalue weighted by Crippen LogP contribution is -2.30. The van der Waals surface area contributed by atoms with Gasteiger partial charge in [0, 0.05) is 23.6 Å². The molecule has 4 nitrogen and oxygen atoms in total. The van der Waals surface area contributed by atoms with Gasteiger partial charge in [-0.15, -0.1) is 11.8 Å². The van der Waals surface area contributed by atoms with Crippen LogP contribution in [0.25, 0.3) is 0 Å². The molecule has 1 aromatic heterocycles. The molecule has 90 valence electrons. The molecule has 0 aliphatic rings. The molecule has 1 heterocycles. The zero-order valence-corrected chi connectivity index (χ0v) is 11.0. The maximum atomic E-state index is 7.46. The number of hydrogen-bond donors (Lipinski definition) is 2. The Balaban J connectivity index is 2.24. The van der Waals surface area contributed by atoms with Crippen molar-refractivity contribution in [2.24, 2.45) is 18.2 Å². The fourth-order valence-electron chi connectivity index (χ4n) is 1.31. The number of hydrogen-bond acceptors (Lipinski definition) is 3. The molecular formula is C11H20N4S. The van der Waals surface area contributed by atoms with Crippen molar-refractivity contribution in [3.05, 3.63) is 12.4 Å². The van der Waals surface area contributed by atoms with Crippen molar-refractivity contribution >= 4 is 17.6 Å². The summed E-state index contributed by atoms with van der Waals surface area (Å²) in [5.41, 5.74) is 5.36. The number of nitrogens with one attached hydrogen (secondary N) is 1. The van der Waals surface area contributed by atoms with Crippen LogP contribution in [0.4, 0.5) is 0 Å². The zero-order chi connectivity index (χ0) is 12.2. The third-order valence-corrected chi connectivity index (χ3v) is 3.66. The van der Waals surface area contributed by atoms with Crippen LogP contribution in [0.15, 0.2) is 17.3 Å². The van der Waals surface area contributed by atoms with E-state index in [1.165, 1.54) is 4.90 Å².